The third-order valence-electron chi connectivity index (χ3n) is 7.70. The van der Waals surface area contributed by atoms with E-state index in [4.69, 9.17) is 0 Å². The Morgan fingerprint density at radius 2 is 0.800 bits per heavy atom. The fourth-order valence-corrected chi connectivity index (χ4v) is 10.8. The van der Waals surface area contributed by atoms with Crippen molar-refractivity contribution >= 4 is 97.6 Å². The number of fused-ring (bicyclic) bond motifs is 15. The van der Waals surface area contributed by atoms with E-state index < -0.39 is 60.5 Å². The van der Waals surface area contributed by atoms with Gasteiger partial charge in [-0.25, -0.2) is 0 Å². The Bertz CT molecular complexity index is 2470. The van der Waals surface area contributed by atoms with E-state index in [1.807, 2.05) is 36.4 Å². The summed E-state index contributed by atoms with van der Waals surface area (Å²) in [6.07, 6.45) is 0. The van der Waals surface area contributed by atoms with Gasteiger partial charge >= 0.3 is 233 Å². The summed E-state index contributed by atoms with van der Waals surface area (Å²) in [6.45, 7) is 0. The Morgan fingerprint density at radius 3 is 1.38 bits per heavy atom. The van der Waals surface area contributed by atoms with Gasteiger partial charge in [-0.1, -0.05) is 0 Å². The van der Waals surface area contributed by atoms with Crippen LogP contribution in [0.4, 0.5) is 0 Å². The molecule has 0 unspecified atom stereocenters. The summed E-state index contributed by atoms with van der Waals surface area (Å²) in [6, 6.07) is 16.1. The Labute approximate surface area is 232 Å². The summed E-state index contributed by atoms with van der Waals surface area (Å²) in [7, 11) is 0. The molecule has 2 aromatic heterocycles. The topological polar surface area (TPSA) is 162 Å². The van der Waals surface area contributed by atoms with Gasteiger partial charge in [0.2, 0.25) is 0 Å². The Kier molecular flexibility index (Phi) is 4.32. The second-order valence-corrected chi connectivity index (χ2v) is 12.8. The molecule has 0 fully saturated rings. The molecule has 0 aliphatic rings. The van der Waals surface area contributed by atoms with Gasteiger partial charge in [-0.3, -0.25) is 0 Å². The van der Waals surface area contributed by atoms with E-state index in [9.17, 15) is 40.9 Å². The second-order valence-electron chi connectivity index (χ2n) is 9.65. The monoisotopic (exact) mass is 616 g/mol. The molecule has 8 aromatic rings. The third kappa shape index (κ3) is 2.51. The van der Waals surface area contributed by atoms with Crippen LogP contribution < -0.4 is 0 Å². The van der Waals surface area contributed by atoms with Gasteiger partial charge in [0.1, 0.15) is 0 Å². The molecule has 10 heteroatoms. The van der Waals surface area contributed by atoms with Gasteiger partial charge in [0, 0.05) is 0 Å². The molecule has 8 nitrogen and oxygen atoms in total. The van der Waals surface area contributed by atoms with Gasteiger partial charge in [-0.2, -0.15) is 0 Å². The first kappa shape index (κ1) is 23.2. The van der Waals surface area contributed by atoms with Gasteiger partial charge in [0.25, 0.3) is 0 Å². The summed E-state index contributed by atoms with van der Waals surface area (Å²) >= 11 is 0.896. The van der Waals surface area contributed by atoms with E-state index in [-0.39, 0.29) is 21.5 Å². The molecule has 6 aromatic carbocycles. The van der Waals surface area contributed by atoms with Crippen molar-refractivity contribution in [2.45, 2.75) is 0 Å². The van der Waals surface area contributed by atoms with Gasteiger partial charge in [0.15, 0.2) is 0 Å². The number of benzene rings is 6. The van der Waals surface area contributed by atoms with Gasteiger partial charge in [-0.05, 0) is 0 Å². The first-order valence-corrected chi connectivity index (χ1v) is 14.5. The van der Waals surface area contributed by atoms with Crippen molar-refractivity contribution in [1.82, 2.24) is 0 Å². The number of phenols is 8. The van der Waals surface area contributed by atoms with Crippen molar-refractivity contribution in [2.24, 2.45) is 0 Å². The van der Waals surface area contributed by atoms with Crippen molar-refractivity contribution in [2.75, 3.05) is 0 Å². The average Bonchev–Trinajstić information content (AvgIpc) is 3.52. The molecule has 2 heterocycles. The van der Waals surface area contributed by atoms with E-state index in [1.54, 1.807) is 0 Å². The summed E-state index contributed by atoms with van der Waals surface area (Å²) in [4.78, 5) is 0. The SMILES string of the molecule is Oc1c(O)c(O)c2c(c1O)c1[se]c3c(sc4c5ccccc5c5ccccc5c43)c1c1c(O)c(O)c(O)c(O)c21. The van der Waals surface area contributed by atoms with E-state index in [2.05, 4.69) is 12.1 Å². The molecule has 0 spiro atoms. The summed E-state index contributed by atoms with van der Waals surface area (Å²) < 4.78 is 3.13. The minimum absolute atomic E-state index is 0.0308. The van der Waals surface area contributed by atoms with Crippen LogP contribution in [0.25, 0.3) is 71.8 Å². The summed E-state index contributed by atoms with van der Waals surface area (Å²) in [5, 5.41) is 90.8. The molecule has 0 bridgehead atoms. The number of hydrogen-bond donors (Lipinski definition) is 8. The molecule has 8 rings (SSSR count). The van der Waals surface area contributed by atoms with Crippen LogP contribution in [0.2, 0.25) is 0 Å². The normalized spacial score (nSPS) is 12.3. The zero-order valence-electron chi connectivity index (χ0n) is 20.0. The first-order valence-electron chi connectivity index (χ1n) is 12.0. The van der Waals surface area contributed by atoms with Crippen LogP contribution in [0, 0.1) is 0 Å². The maximum atomic E-state index is 11.1. The molecule has 0 aliphatic heterocycles. The van der Waals surface area contributed by atoms with E-state index in [0.717, 1.165) is 40.6 Å². The number of aromatic hydroxyl groups is 8. The number of hydrogen-bond acceptors (Lipinski definition) is 9. The van der Waals surface area contributed by atoms with Crippen molar-refractivity contribution in [1.29, 1.82) is 0 Å². The number of thiophene rings is 1. The fourth-order valence-electron chi connectivity index (χ4n) is 5.97. The molecule has 0 amide bonds. The average molecular weight is 615 g/mol. The van der Waals surface area contributed by atoms with Gasteiger partial charge < -0.3 is 0 Å². The molecule has 196 valence electrons. The summed E-state index contributed by atoms with van der Waals surface area (Å²) in [5.41, 5.74) is 0. The molecule has 0 saturated heterocycles. The standard InChI is InChI=1S/C30H16O8SSe/c31-19-14-15-17(22(34)26(38)24(36)20(15)32)29-18(16(14)21(33)25(37)23(19)35)28-30(40-29)13-11-7-3-1-5-9(11)10-6-2-4-8-12(10)27(13)39-28/h1-8,31-38H. The van der Waals surface area contributed by atoms with Gasteiger partial charge in [-0.15, -0.1) is 0 Å². The molecule has 40 heavy (non-hydrogen) atoms. The van der Waals surface area contributed by atoms with E-state index in [1.165, 1.54) is 11.3 Å². The van der Waals surface area contributed by atoms with Crippen LogP contribution in [0.5, 0.6) is 46.0 Å². The zero-order chi connectivity index (χ0) is 27.8. The molecule has 0 saturated carbocycles. The van der Waals surface area contributed by atoms with Crippen LogP contribution in [0.3, 0.4) is 0 Å². The zero-order valence-corrected chi connectivity index (χ0v) is 22.5. The quantitative estimate of drug-likeness (QED) is 0.0414. The molecule has 0 aliphatic carbocycles. The number of rotatable bonds is 0. The molecular formula is C30H16O8SSe. The number of phenolic OH excluding ortho intramolecular Hbond substituents is 8. The van der Waals surface area contributed by atoms with Crippen molar-refractivity contribution in [3.05, 3.63) is 48.5 Å². The summed E-state index contributed by atoms with van der Waals surface area (Å²) in [5.74, 6) is -7.11. The predicted molar refractivity (Wildman–Crippen MR) is 157 cm³/mol. The molecule has 0 atom stereocenters. The maximum absolute atomic E-state index is 11.1. The Hall–Kier alpha value is -4.76. The van der Waals surface area contributed by atoms with Gasteiger partial charge in [0.05, 0.1) is 0 Å². The van der Waals surface area contributed by atoms with E-state index in [0.29, 0.717) is 9.65 Å². The molecule has 0 radical (unpaired) electrons. The first-order chi connectivity index (χ1) is 19.2. The Balaban J connectivity index is 1.78. The van der Waals surface area contributed by atoms with Crippen molar-refractivity contribution in [3.63, 3.8) is 0 Å². The molecule has 8 N–H and O–H groups in total. The second kappa shape index (κ2) is 7.45. The van der Waals surface area contributed by atoms with Crippen LogP contribution in [-0.2, 0) is 0 Å². The van der Waals surface area contributed by atoms with Crippen LogP contribution in [-0.4, -0.2) is 55.4 Å². The van der Waals surface area contributed by atoms with Crippen LogP contribution >= 0.6 is 11.3 Å². The Morgan fingerprint density at radius 1 is 0.375 bits per heavy atom. The van der Waals surface area contributed by atoms with Crippen LogP contribution in [0.15, 0.2) is 48.5 Å². The van der Waals surface area contributed by atoms with Crippen LogP contribution in [0.1, 0.15) is 0 Å². The van der Waals surface area contributed by atoms with E-state index >= 15 is 0 Å². The van der Waals surface area contributed by atoms with Crippen molar-refractivity contribution < 1.29 is 40.9 Å². The fraction of sp³-hybridized carbons (Fsp3) is 0. The van der Waals surface area contributed by atoms with Crippen molar-refractivity contribution in [3.8, 4) is 46.0 Å². The minimum atomic E-state index is -1.03. The molecular weight excluding hydrogens is 599 g/mol. The predicted octanol–water partition coefficient (Wildman–Crippen LogP) is 6.52. The third-order valence-corrected chi connectivity index (χ3v) is 11.8.